The van der Waals surface area contributed by atoms with Crippen LogP contribution in [-0.4, -0.2) is 13.2 Å². The van der Waals surface area contributed by atoms with Gasteiger partial charge in [-0.1, -0.05) is 22.0 Å². The molecule has 0 aliphatic carbocycles. The monoisotopic (exact) mass is 283 g/mol. The van der Waals surface area contributed by atoms with E-state index in [1.165, 1.54) is 0 Å². The largest absolute Gasteiger partial charge is 0.497 e. The summed E-state index contributed by atoms with van der Waals surface area (Å²) in [7, 11) is 1.67. The highest BCUT2D eigenvalue weighted by atomic mass is 79.9. The maximum Gasteiger partial charge on any atom is 0.122 e. The predicted octanol–water partition coefficient (Wildman–Crippen LogP) is 4.22. The number of nitrogens with one attached hydrogen (secondary N) is 1. The number of halogens is 1. The molecular weight excluding hydrogens is 266 g/mol. The number of benzene rings is 1. The smallest absolute Gasteiger partial charge is 0.122 e. The highest BCUT2D eigenvalue weighted by Crippen LogP contribution is 2.25. The van der Waals surface area contributed by atoms with Gasteiger partial charge in [0.1, 0.15) is 5.75 Å². The molecule has 0 spiro atoms. The number of allylic oxidation sites excluding steroid dienone is 1. The van der Waals surface area contributed by atoms with Crippen LogP contribution in [0.3, 0.4) is 0 Å². The van der Waals surface area contributed by atoms with Crippen LogP contribution >= 0.6 is 15.9 Å². The quantitative estimate of drug-likeness (QED) is 0.789. The van der Waals surface area contributed by atoms with Crippen LogP contribution in [0.25, 0.3) is 0 Å². The van der Waals surface area contributed by atoms with E-state index in [1.54, 1.807) is 7.11 Å². The zero-order chi connectivity index (χ0) is 12.0. The summed E-state index contributed by atoms with van der Waals surface area (Å²) in [5.74, 6) is 0.854. The molecule has 0 saturated heterocycles. The molecule has 1 N–H and O–H groups in total. The lowest BCUT2D eigenvalue weighted by atomic mass is 10.1. The second kappa shape index (κ2) is 6.59. The molecular formula is C13H18BrNO. The van der Waals surface area contributed by atoms with E-state index in [1.807, 2.05) is 24.3 Å². The zero-order valence-electron chi connectivity index (χ0n) is 9.79. The number of anilines is 1. The van der Waals surface area contributed by atoms with E-state index in [0.717, 1.165) is 28.8 Å². The summed E-state index contributed by atoms with van der Waals surface area (Å²) < 4.78 is 6.23. The number of hydrogen-bond donors (Lipinski definition) is 1. The van der Waals surface area contributed by atoms with Crippen molar-refractivity contribution < 1.29 is 4.74 Å². The molecule has 0 bridgehead atoms. The van der Waals surface area contributed by atoms with Gasteiger partial charge in [0.25, 0.3) is 0 Å². The molecule has 0 aliphatic heterocycles. The van der Waals surface area contributed by atoms with E-state index in [0.29, 0.717) is 6.04 Å². The molecule has 88 valence electrons. The van der Waals surface area contributed by atoms with Crippen LogP contribution in [0.4, 0.5) is 5.69 Å². The molecule has 1 rings (SSSR count). The van der Waals surface area contributed by atoms with Gasteiger partial charge >= 0.3 is 0 Å². The molecule has 16 heavy (non-hydrogen) atoms. The Labute approximate surface area is 106 Å². The minimum atomic E-state index is 0.428. The first kappa shape index (κ1) is 13.1. The van der Waals surface area contributed by atoms with Crippen molar-refractivity contribution in [2.45, 2.75) is 25.8 Å². The average molecular weight is 284 g/mol. The Hall–Kier alpha value is -0.960. The van der Waals surface area contributed by atoms with E-state index in [9.17, 15) is 0 Å². The molecule has 1 atom stereocenters. The molecule has 0 radical (unpaired) electrons. The molecule has 1 unspecified atom stereocenters. The number of ether oxygens (including phenoxy) is 1. The third-order valence-electron chi connectivity index (χ3n) is 2.32. The minimum Gasteiger partial charge on any atom is -0.497 e. The fourth-order valence-electron chi connectivity index (χ4n) is 1.49. The molecule has 1 aromatic carbocycles. The van der Waals surface area contributed by atoms with Gasteiger partial charge < -0.3 is 10.1 Å². The van der Waals surface area contributed by atoms with Gasteiger partial charge in [-0.2, -0.15) is 0 Å². The van der Waals surface area contributed by atoms with Crippen LogP contribution in [0.2, 0.25) is 0 Å². The SMILES string of the molecule is C=CCCC(C)Nc1cc(Br)cc(OC)c1. The van der Waals surface area contributed by atoms with Gasteiger partial charge in [-0.05, 0) is 31.9 Å². The van der Waals surface area contributed by atoms with Gasteiger partial charge in [0, 0.05) is 22.3 Å². The molecule has 0 aliphatic rings. The number of rotatable bonds is 6. The van der Waals surface area contributed by atoms with Crippen molar-refractivity contribution >= 4 is 21.6 Å². The fraction of sp³-hybridized carbons (Fsp3) is 0.385. The summed E-state index contributed by atoms with van der Waals surface area (Å²) in [5.41, 5.74) is 1.07. The van der Waals surface area contributed by atoms with Crippen molar-refractivity contribution in [3.05, 3.63) is 35.3 Å². The average Bonchev–Trinajstić information content (AvgIpc) is 2.25. The molecule has 0 saturated carbocycles. The maximum atomic E-state index is 5.21. The highest BCUT2D eigenvalue weighted by molar-refractivity contribution is 9.10. The van der Waals surface area contributed by atoms with Crippen molar-refractivity contribution in [1.82, 2.24) is 0 Å². The minimum absolute atomic E-state index is 0.428. The number of hydrogen-bond acceptors (Lipinski definition) is 2. The van der Waals surface area contributed by atoms with Crippen molar-refractivity contribution in [3.63, 3.8) is 0 Å². The fourth-order valence-corrected chi connectivity index (χ4v) is 1.96. The first-order valence-corrected chi connectivity index (χ1v) is 6.17. The van der Waals surface area contributed by atoms with Crippen LogP contribution < -0.4 is 10.1 Å². The third kappa shape index (κ3) is 4.27. The summed E-state index contributed by atoms with van der Waals surface area (Å²) in [6.45, 7) is 5.89. The zero-order valence-corrected chi connectivity index (χ0v) is 11.4. The number of methoxy groups -OCH3 is 1. The molecule has 1 aromatic rings. The van der Waals surface area contributed by atoms with Crippen LogP contribution in [0.5, 0.6) is 5.75 Å². The summed E-state index contributed by atoms with van der Waals surface area (Å²) >= 11 is 3.46. The summed E-state index contributed by atoms with van der Waals surface area (Å²) in [4.78, 5) is 0. The maximum absolute atomic E-state index is 5.21. The molecule has 0 aromatic heterocycles. The Morgan fingerprint density at radius 3 is 2.88 bits per heavy atom. The van der Waals surface area contributed by atoms with E-state index in [-0.39, 0.29) is 0 Å². The van der Waals surface area contributed by atoms with E-state index in [4.69, 9.17) is 4.74 Å². The lowest BCUT2D eigenvalue weighted by molar-refractivity contribution is 0.414. The van der Waals surface area contributed by atoms with Gasteiger partial charge in [0.2, 0.25) is 0 Å². The van der Waals surface area contributed by atoms with Crippen LogP contribution in [0, 0.1) is 0 Å². The lowest BCUT2D eigenvalue weighted by Crippen LogP contribution is -2.14. The molecule has 0 amide bonds. The van der Waals surface area contributed by atoms with Crippen molar-refractivity contribution in [3.8, 4) is 5.75 Å². The second-order valence-electron chi connectivity index (χ2n) is 3.79. The Morgan fingerprint density at radius 2 is 2.25 bits per heavy atom. The Balaban J connectivity index is 2.65. The van der Waals surface area contributed by atoms with Crippen molar-refractivity contribution in [2.75, 3.05) is 12.4 Å². The normalized spacial score (nSPS) is 11.9. The predicted molar refractivity (Wildman–Crippen MR) is 73.2 cm³/mol. The Bertz CT molecular complexity index is 352. The molecule has 2 nitrogen and oxygen atoms in total. The van der Waals surface area contributed by atoms with Gasteiger partial charge in [0.15, 0.2) is 0 Å². The van der Waals surface area contributed by atoms with Gasteiger partial charge in [-0.3, -0.25) is 0 Å². The van der Waals surface area contributed by atoms with Crippen LogP contribution in [-0.2, 0) is 0 Å². The van der Waals surface area contributed by atoms with Crippen molar-refractivity contribution in [2.24, 2.45) is 0 Å². The van der Waals surface area contributed by atoms with Crippen LogP contribution in [0.1, 0.15) is 19.8 Å². The van der Waals surface area contributed by atoms with E-state index in [2.05, 4.69) is 34.7 Å². The molecule has 3 heteroatoms. The van der Waals surface area contributed by atoms with Crippen molar-refractivity contribution in [1.29, 1.82) is 0 Å². The summed E-state index contributed by atoms with van der Waals surface area (Å²) in [6, 6.07) is 6.42. The summed E-state index contributed by atoms with van der Waals surface area (Å²) in [6.07, 6.45) is 4.05. The van der Waals surface area contributed by atoms with Crippen LogP contribution in [0.15, 0.2) is 35.3 Å². The molecule has 0 heterocycles. The standard InChI is InChI=1S/C13H18BrNO/c1-4-5-6-10(2)15-12-7-11(14)8-13(9-12)16-3/h4,7-10,15H,1,5-6H2,2-3H3. The highest BCUT2D eigenvalue weighted by Gasteiger charge is 2.03. The lowest BCUT2D eigenvalue weighted by Gasteiger charge is -2.15. The third-order valence-corrected chi connectivity index (χ3v) is 2.78. The topological polar surface area (TPSA) is 21.3 Å². The van der Waals surface area contributed by atoms with Gasteiger partial charge in [-0.25, -0.2) is 0 Å². The Kier molecular flexibility index (Phi) is 5.39. The van der Waals surface area contributed by atoms with E-state index >= 15 is 0 Å². The summed E-state index contributed by atoms with van der Waals surface area (Å²) in [5, 5.41) is 3.43. The van der Waals surface area contributed by atoms with E-state index < -0.39 is 0 Å². The Morgan fingerprint density at radius 1 is 1.50 bits per heavy atom. The first-order chi connectivity index (χ1) is 7.65. The van der Waals surface area contributed by atoms with Gasteiger partial charge in [-0.15, -0.1) is 6.58 Å². The second-order valence-corrected chi connectivity index (χ2v) is 4.71. The van der Waals surface area contributed by atoms with Gasteiger partial charge in [0.05, 0.1) is 7.11 Å². The first-order valence-electron chi connectivity index (χ1n) is 5.37. The molecule has 0 fully saturated rings.